The summed E-state index contributed by atoms with van der Waals surface area (Å²) in [7, 11) is 1.92. The number of nitrogen functional groups attached to an aromatic ring is 1. The number of nitrogens with two attached hydrogens (primary N) is 1. The zero-order valence-corrected chi connectivity index (χ0v) is 13.8. The lowest BCUT2D eigenvalue weighted by Crippen LogP contribution is -2.03. The summed E-state index contributed by atoms with van der Waals surface area (Å²) in [5.74, 6) is 0.866. The summed E-state index contributed by atoms with van der Waals surface area (Å²) >= 11 is 3.51. The highest BCUT2D eigenvalue weighted by Crippen LogP contribution is 2.29. The maximum absolute atomic E-state index is 6.20. The Balaban J connectivity index is 2.35. The van der Waals surface area contributed by atoms with Crippen molar-refractivity contribution in [2.45, 2.75) is 33.1 Å². The highest BCUT2D eigenvalue weighted by atomic mass is 79.9. The minimum Gasteiger partial charge on any atom is -0.394 e. The molecule has 4 nitrogen and oxygen atoms in total. The van der Waals surface area contributed by atoms with Crippen LogP contribution < -0.4 is 11.1 Å². The third-order valence-corrected chi connectivity index (χ3v) is 3.84. The van der Waals surface area contributed by atoms with Gasteiger partial charge in [0.05, 0.1) is 11.4 Å². The van der Waals surface area contributed by atoms with Crippen LogP contribution in [0.5, 0.6) is 0 Å². The van der Waals surface area contributed by atoms with E-state index in [1.165, 1.54) is 5.56 Å². The topological polar surface area (TPSA) is 55.9 Å². The Morgan fingerprint density at radius 3 is 2.75 bits per heavy atom. The molecule has 1 aromatic heterocycles. The average molecular weight is 337 g/mol. The monoisotopic (exact) mass is 336 g/mol. The minimum atomic E-state index is 0.749. The smallest absolute Gasteiger partial charge is 0.152 e. The molecule has 0 aliphatic heterocycles. The van der Waals surface area contributed by atoms with Gasteiger partial charge in [0.25, 0.3) is 0 Å². The molecule has 0 bridgehead atoms. The molecule has 0 aliphatic rings. The Morgan fingerprint density at radius 1 is 1.35 bits per heavy atom. The van der Waals surface area contributed by atoms with Crippen molar-refractivity contribution >= 4 is 33.1 Å². The van der Waals surface area contributed by atoms with E-state index in [0.717, 1.165) is 46.6 Å². The molecule has 2 aromatic rings. The normalized spacial score (nSPS) is 10.8. The maximum atomic E-state index is 6.20. The van der Waals surface area contributed by atoms with Crippen molar-refractivity contribution in [3.8, 4) is 0 Å². The van der Waals surface area contributed by atoms with E-state index in [1.807, 2.05) is 17.8 Å². The molecule has 1 heterocycles. The fourth-order valence-corrected chi connectivity index (χ4v) is 2.68. The standard InChI is InChI=1S/C15H21BrN4/c1-4-6-13-14(17)15(20(3)19-13)18-12-8-7-11(16)9-10(12)5-2/h7-9,18H,4-6,17H2,1-3H3. The number of benzene rings is 1. The van der Waals surface area contributed by atoms with E-state index < -0.39 is 0 Å². The molecule has 5 heteroatoms. The summed E-state index contributed by atoms with van der Waals surface area (Å²) in [6.45, 7) is 4.27. The average Bonchev–Trinajstić information content (AvgIpc) is 2.68. The van der Waals surface area contributed by atoms with E-state index in [4.69, 9.17) is 5.73 Å². The SMILES string of the molecule is CCCc1nn(C)c(Nc2ccc(Br)cc2CC)c1N. The van der Waals surface area contributed by atoms with Crippen LogP contribution in [0.4, 0.5) is 17.2 Å². The van der Waals surface area contributed by atoms with E-state index in [0.29, 0.717) is 0 Å². The summed E-state index contributed by atoms with van der Waals surface area (Å²) in [6.07, 6.45) is 2.91. The number of aromatic nitrogens is 2. The Kier molecular flexibility index (Phi) is 4.70. The van der Waals surface area contributed by atoms with Crippen molar-refractivity contribution in [3.63, 3.8) is 0 Å². The van der Waals surface area contributed by atoms with Gasteiger partial charge in [0.15, 0.2) is 5.82 Å². The Morgan fingerprint density at radius 2 is 2.10 bits per heavy atom. The predicted molar refractivity (Wildman–Crippen MR) is 88.4 cm³/mol. The van der Waals surface area contributed by atoms with Crippen LogP contribution in [0.2, 0.25) is 0 Å². The number of halogens is 1. The summed E-state index contributed by atoms with van der Waals surface area (Å²) in [4.78, 5) is 0. The van der Waals surface area contributed by atoms with Gasteiger partial charge in [0.2, 0.25) is 0 Å². The fraction of sp³-hybridized carbons (Fsp3) is 0.400. The molecule has 0 saturated carbocycles. The molecule has 0 radical (unpaired) electrons. The molecule has 0 fully saturated rings. The van der Waals surface area contributed by atoms with Crippen molar-refractivity contribution in [1.82, 2.24) is 9.78 Å². The van der Waals surface area contributed by atoms with Gasteiger partial charge in [-0.3, -0.25) is 4.68 Å². The number of aryl methyl sites for hydroxylation is 3. The van der Waals surface area contributed by atoms with Crippen LogP contribution in [0.15, 0.2) is 22.7 Å². The third-order valence-electron chi connectivity index (χ3n) is 3.35. The second kappa shape index (κ2) is 6.31. The number of hydrogen-bond donors (Lipinski definition) is 2. The molecule has 108 valence electrons. The second-order valence-corrected chi connectivity index (χ2v) is 5.78. The lowest BCUT2D eigenvalue weighted by Gasteiger charge is -2.12. The van der Waals surface area contributed by atoms with Crippen LogP contribution in [0.25, 0.3) is 0 Å². The lowest BCUT2D eigenvalue weighted by atomic mass is 10.1. The van der Waals surface area contributed by atoms with Gasteiger partial charge in [0.1, 0.15) is 0 Å². The number of nitrogens with zero attached hydrogens (tertiary/aromatic N) is 2. The fourth-order valence-electron chi connectivity index (χ4n) is 2.27. The molecule has 20 heavy (non-hydrogen) atoms. The van der Waals surface area contributed by atoms with Gasteiger partial charge in [-0.2, -0.15) is 5.10 Å². The van der Waals surface area contributed by atoms with Gasteiger partial charge in [-0.25, -0.2) is 0 Å². The summed E-state index contributed by atoms with van der Waals surface area (Å²) in [5.41, 5.74) is 10.2. The summed E-state index contributed by atoms with van der Waals surface area (Å²) in [6, 6.07) is 6.22. The summed E-state index contributed by atoms with van der Waals surface area (Å²) in [5, 5.41) is 7.91. The van der Waals surface area contributed by atoms with Crippen LogP contribution in [0, 0.1) is 0 Å². The Hall–Kier alpha value is -1.49. The molecular formula is C15H21BrN4. The van der Waals surface area contributed by atoms with Gasteiger partial charge < -0.3 is 11.1 Å². The van der Waals surface area contributed by atoms with Gasteiger partial charge >= 0.3 is 0 Å². The minimum absolute atomic E-state index is 0.749. The zero-order valence-electron chi connectivity index (χ0n) is 12.2. The van der Waals surface area contributed by atoms with Gasteiger partial charge in [-0.1, -0.05) is 36.2 Å². The van der Waals surface area contributed by atoms with Crippen LogP contribution in [-0.4, -0.2) is 9.78 Å². The van der Waals surface area contributed by atoms with E-state index in [2.05, 4.69) is 52.3 Å². The van der Waals surface area contributed by atoms with Crippen LogP contribution in [0.3, 0.4) is 0 Å². The van der Waals surface area contributed by atoms with Gasteiger partial charge in [-0.15, -0.1) is 0 Å². The number of anilines is 3. The predicted octanol–water partition coefficient (Wildman–Crippen LogP) is 4.02. The molecule has 0 amide bonds. The van der Waals surface area contributed by atoms with Gasteiger partial charge in [-0.05, 0) is 36.6 Å². The highest BCUT2D eigenvalue weighted by Gasteiger charge is 2.13. The molecule has 0 saturated heterocycles. The number of nitrogens with one attached hydrogen (secondary N) is 1. The molecule has 0 unspecified atom stereocenters. The molecule has 1 aromatic carbocycles. The zero-order chi connectivity index (χ0) is 14.7. The van der Waals surface area contributed by atoms with Crippen LogP contribution in [-0.2, 0) is 19.9 Å². The van der Waals surface area contributed by atoms with E-state index >= 15 is 0 Å². The maximum Gasteiger partial charge on any atom is 0.152 e. The van der Waals surface area contributed by atoms with Crippen molar-refractivity contribution in [2.24, 2.45) is 7.05 Å². The molecule has 2 rings (SSSR count). The van der Waals surface area contributed by atoms with Crippen molar-refractivity contribution in [1.29, 1.82) is 0 Å². The second-order valence-electron chi connectivity index (χ2n) is 4.86. The number of hydrogen-bond acceptors (Lipinski definition) is 3. The first-order valence-corrected chi connectivity index (χ1v) is 7.72. The van der Waals surface area contributed by atoms with Crippen LogP contribution in [0.1, 0.15) is 31.5 Å². The summed E-state index contributed by atoms with van der Waals surface area (Å²) < 4.78 is 2.91. The molecule has 0 spiro atoms. The first-order chi connectivity index (χ1) is 9.56. The molecular weight excluding hydrogens is 316 g/mol. The third kappa shape index (κ3) is 2.98. The Bertz CT molecular complexity index is 604. The quantitative estimate of drug-likeness (QED) is 0.866. The van der Waals surface area contributed by atoms with E-state index in [1.54, 1.807) is 0 Å². The van der Waals surface area contributed by atoms with Crippen molar-refractivity contribution in [2.75, 3.05) is 11.1 Å². The van der Waals surface area contributed by atoms with Crippen molar-refractivity contribution in [3.05, 3.63) is 33.9 Å². The van der Waals surface area contributed by atoms with Crippen molar-refractivity contribution < 1.29 is 0 Å². The van der Waals surface area contributed by atoms with E-state index in [-0.39, 0.29) is 0 Å². The molecule has 0 aliphatic carbocycles. The molecule has 3 N–H and O–H groups in total. The highest BCUT2D eigenvalue weighted by molar-refractivity contribution is 9.10. The van der Waals surface area contributed by atoms with Gasteiger partial charge in [0, 0.05) is 17.2 Å². The first-order valence-electron chi connectivity index (χ1n) is 6.93. The molecule has 0 atom stereocenters. The number of rotatable bonds is 5. The largest absolute Gasteiger partial charge is 0.394 e. The van der Waals surface area contributed by atoms with E-state index in [9.17, 15) is 0 Å². The van der Waals surface area contributed by atoms with Crippen LogP contribution >= 0.6 is 15.9 Å². The lowest BCUT2D eigenvalue weighted by molar-refractivity contribution is 0.739. The Labute approximate surface area is 128 Å². The first kappa shape index (κ1) is 14.9.